The van der Waals surface area contributed by atoms with Crippen molar-refractivity contribution in [2.45, 2.75) is 18.7 Å². The normalized spacial score (nSPS) is 10.9. The summed E-state index contributed by atoms with van der Waals surface area (Å²) < 4.78 is 44.9. The average molecular weight is 281 g/mol. The largest absolute Gasteiger partial charge is 0.573 e. The fourth-order valence-electron chi connectivity index (χ4n) is 1.25. The molecular formula is C10H8ClF3N2O2. The molecule has 1 aromatic heterocycles. The van der Waals surface area contributed by atoms with E-state index in [9.17, 15) is 13.2 Å². The Morgan fingerprint density at radius 2 is 2.17 bits per heavy atom. The molecule has 0 fully saturated rings. The minimum Gasteiger partial charge on any atom is -0.478 e. The zero-order valence-corrected chi connectivity index (χ0v) is 9.97. The van der Waals surface area contributed by atoms with Crippen molar-refractivity contribution in [1.29, 1.82) is 5.26 Å². The van der Waals surface area contributed by atoms with Gasteiger partial charge in [-0.15, -0.1) is 24.8 Å². The van der Waals surface area contributed by atoms with Gasteiger partial charge in [0.1, 0.15) is 0 Å². The molecule has 1 aromatic rings. The molecule has 0 N–H and O–H groups in total. The zero-order valence-electron chi connectivity index (χ0n) is 9.21. The van der Waals surface area contributed by atoms with Gasteiger partial charge in [-0.3, -0.25) is 0 Å². The lowest BCUT2D eigenvalue weighted by Gasteiger charge is -2.14. The molecule has 0 saturated heterocycles. The van der Waals surface area contributed by atoms with E-state index in [1.54, 1.807) is 0 Å². The van der Waals surface area contributed by atoms with Crippen molar-refractivity contribution in [1.82, 2.24) is 4.98 Å². The van der Waals surface area contributed by atoms with E-state index < -0.39 is 12.1 Å². The molecule has 0 amide bonds. The van der Waals surface area contributed by atoms with E-state index in [1.165, 1.54) is 0 Å². The minimum atomic E-state index is -4.86. The number of alkyl halides is 4. The van der Waals surface area contributed by atoms with Crippen molar-refractivity contribution >= 4 is 11.6 Å². The number of aromatic nitrogens is 1. The summed E-state index contributed by atoms with van der Waals surface area (Å²) in [4.78, 5) is 3.78. The third kappa shape index (κ3) is 3.67. The van der Waals surface area contributed by atoms with Crippen molar-refractivity contribution in [3.05, 3.63) is 17.3 Å². The van der Waals surface area contributed by atoms with Crippen LogP contribution in [0.2, 0.25) is 0 Å². The summed E-state index contributed by atoms with van der Waals surface area (Å²) in [7, 11) is 1.16. The predicted octanol–water partition coefficient (Wildman–Crippen LogP) is 2.79. The van der Waals surface area contributed by atoms with E-state index in [4.69, 9.17) is 16.9 Å². The maximum absolute atomic E-state index is 12.2. The molecule has 0 aromatic carbocycles. The number of hydrogen-bond donors (Lipinski definition) is 0. The van der Waals surface area contributed by atoms with E-state index in [1.807, 2.05) is 6.07 Å². The van der Waals surface area contributed by atoms with Crippen molar-refractivity contribution in [3.63, 3.8) is 0 Å². The topological polar surface area (TPSA) is 55.1 Å². The summed E-state index contributed by atoms with van der Waals surface area (Å²) in [5.41, 5.74) is 0.553. The number of hydrogen-bond acceptors (Lipinski definition) is 4. The van der Waals surface area contributed by atoms with E-state index in [0.29, 0.717) is 0 Å². The smallest absolute Gasteiger partial charge is 0.478 e. The number of nitriles is 1. The van der Waals surface area contributed by atoms with Crippen LogP contribution in [0, 0.1) is 11.3 Å². The van der Waals surface area contributed by atoms with Crippen molar-refractivity contribution < 1.29 is 22.6 Å². The molecule has 0 unspecified atom stereocenters. The predicted molar refractivity (Wildman–Crippen MR) is 56.3 cm³/mol. The molecule has 0 saturated carbocycles. The molecule has 0 spiro atoms. The number of nitrogens with zero attached hydrogens (tertiary/aromatic N) is 2. The fraction of sp³-hybridized carbons (Fsp3) is 0.400. The fourth-order valence-corrected chi connectivity index (χ4v) is 1.48. The van der Waals surface area contributed by atoms with Crippen LogP contribution in [0.25, 0.3) is 0 Å². The summed E-state index contributed by atoms with van der Waals surface area (Å²) in [6.45, 7) is 0. The maximum Gasteiger partial charge on any atom is 0.573 e. The van der Waals surface area contributed by atoms with Crippen molar-refractivity contribution in [2.75, 3.05) is 7.11 Å². The second-order valence-electron chi connectivity index (χ2n) is 3.12. The monoisotopic (exact) mass is 280 g/mol. The highest BCUT2D eigenvalue weighted by molar-refractivity contribution is 6.17. The third-order valence-corrected chi connectivity index (χ3v) is 2.19. The third-order valence-electron chi connectivity index (χ3n) is 1.94. The number of halogens is 4. The second kappa shape index (κ2) is 5.78. The van der Waals surface area contributed by atoms with E-state index in [0.717, 1.165) is 13.2 Å². The van der Waals surface area contributed by atoms with Gasteiger partial charge in [-0.25, -0.2) is 4.98 Å². The Morgan fingerprint density at radius 1 is 1.50 bits per heavy atom. The molecular weight excluding hydrogens is 273 g/mol. The van der Waals surface area contributed by atoms with Gasteiger partial charge in [0.25, 0.3) is 5.88 Å². The summed E-state index contributed by atoms with van der Waals surface area (Å²) in [5, 5.41) is 8.57. The highest BCUT2D eigenvalue weighted by Crippen LogP contribution is 2.32. The van der Waals surface area contributed by atoms with Crippen LogP contribution < -0.4 is 9.47 Å². The van der Waals surface area contributed by atoms with Gasteiger partial charge >= 0.3 is 6.36 Å². The van der Waals surface area contributed by atoms with E-state index in [2.05, 4.69) is 14.5 Å². The van der Waals surface area contributed by atoms with Gasteiger partial charge in [-0.1, -0.05) is 0 Å². The van der Waals surface area contributed by atoms with Gasteiger partial charge in [-0.2, -0.15) is 5.26 Å². The minimum absolute atomic E-state index is 0.0420. The molecule has 1 rings (SSSR count). The molecule has 4 nitrogen and oxygen atoms in total. The number of ether oxygens (including phenoxy) is 2. The first kappa shape index (κ1) is 14.4. The molecule has 0 aliphatic carbocycles. The van der Waals surface area contributed by atoms with E-state index >= 15 is 0 Å². The average Bonchev–Trinajstić information content (AvgIpc) is 2.28. The van der Waals surface area contributed by atoms with Gasteiger partial charge in [0.15, 0.2) is 5.75 Å². The van der Waals surface area contributed by atoms with Crippen LogP contribution in [0.4, 0.5) is 13.2 Å². The molecule has 0 aliphatic rings. The standard InChI is InChI=1S/C10H8ClF3N2O2/c1-17-9-8(18-10(12,13)14)4-6(2-3-15)7(5-11)16-9/h4H,2,5H2,1H3. The van der Waals surface area contributed by atoms with Gasteiger partial charge in [0.05, 0.1) is 31.2 Å². The molecule has 1 heterocycles. The molecule has 0 atom stereocenters. The van der Waals surface area contributed by atoms with Gasteiger partial charge in [-0.05, 0) is 11.6 Å². The van der Waals surface area contributed by atoms with Gasteiger partial charge < -0.3 is 9.47 Å². The Hall–Kier alpha value is -1.68. The van der Waals surface area contributed by atoms with Crippen molar-refractivity contribution in [3.8, 4) is 17.7 Å². The SMILES string of the molecule is COc1nc(CCl)c(CC#N)cc1OC(F)(F)F. The number of rotatable bonds is 4. The Morgan fingerprint density at radius 3 is 2.61 bits per heavy atom. The summed E-state index contributed by atoms with van der Waals surface area (Å²) >= 11 is 5.59. The van der Waals surface area contributed by atoms with Crippen LogP contribution in [0.3, 0.4) is 0 Å². The van der Waals surface area contributed by atoms with Crippen LogP contribution in [0.1, 0.15) is 11.3 Å². The van der Waals surface area contributed by atoms with Crippen LogP contribution in [0.15, 0.2) is 6.07 Å². The van der Waals surface area contributed by atoms with Gasteiger partial charge in [0.2, 0.25) is 0 Å². The maximum atomic E-state index is 12.2. The van der Waals surface area contributed by atoms with Crippen molar-refractivity contribution in [2.24, 2.45) is 0 Å². The summed E-state index contributed by atoms with van der Waals surface area (Å²) in [6, 6.07) is 2.87. The van der Waals surface area contributed by atoms with Crippen LogP contribution >= 0.6 is 11.6 Å². The quantitative estimate of drug-likeness (QED) is 0.796. The molecule has 8 heteroatoms. The highest BCUT2D eigenvalue weighted by Gasteiger charge is 2.33. The lowest BCUT2D eigenvalue weighted by atomic mass is 10.1. The second-order valence-corrected chi connectivity index (χ2v) is 3.39. The number of pyridine rings is 1. The van der Waals surface area contributed by atoms with Crippen LogP contribution in [-0.2, 0) is 12.3 Å². The van der Waals surface area contributed by atoms with E-state index in [-0.39, 0.29) is 29.4 Å². The van der Waals surface area contributed by atoms with Crippen LogP contribution in [-0.4, -0.2) is 18.5 Å². The lowest BCUT2D eigenvalue weighted by molar-refractivity contribution is -0.275. The Labute approximate surface area is 106 Å². The molecule has 0 bridgehead atoms. The molecule has 18 heavy (non-hydrogen) atoms. The first-order valence-electron chi connectivity index (χ1n) is 4.66. The van der Waals surface area contributed by atoms with Crippen LogP contribution in [0.5, 0.6) is 11.6 Å². The molecule has 0 aliphatic heterocycles. The summed E-state index contributed by atoms with van der Waals surface area (Å²) in [6.07, 6.45) is -4.98. The molecule has 98 valence electrons. The lowest BCUT2D eigenvalue weighted by Crippen LogP contribution is -2.18. The Kier molecular flexibility index (Phi) is 4.62. The first-order valence-corrected chi connectivity index (χ1v) is 5.20. The zero-order chi connectivity index (χ0) is 13.8. The highest BCUT2D eigenvalue weighted by atomic mass is 35.5. The molecule has 0 radical (unpaired) electrons. The Bertz CT molecular complexity index is 471. The number of methoxy groups -OCH3 is 1. The first-order chi connectivity index (χ1) is 8.41. The Balaban J connectivity index is 3.23. The summed E-state index contributed by atoms with van der Waals surface area (Å²) in [5.74, 6) is -0.964. The van der Waals surface area contributed by atoms with Gasteiger partial charge in [0, 0.05) is 0 Å².